The molecule has 1 aliphatic heterocycles. The molecule has 0 fully saturated rings. The Hall–Kier alpha value is -3.46. The second kappa shape index (κ2) is 11.1. The van der Waals surface area contributed by atoms with E-state index in [9.17, 15) is 9.59 Å². The molecule has 1 aliphatic rings. The Morgan fingerprint density at radius 1 is 0.917 bits per heavy atom. The average Bonchev–Trinajstić information content (AvgIpc) is 3.50. The Balaban J connectivity index is 0.00000190. The van der Waals surface area contributed by atoms with Gasteiger partial charge in [0.05, 0.1) is 10.2 Å². The molecule has 0 aliphatic carbocycles. The number of carbonyl (C=O) groups excluding carboxylic acids is 2. The molecule has 0 atom stereocenters. The molecule has 0 unspecified atom stereocenters. The summed E-state index contributed by atoms with van der Waals surface area (Å²) in [5.41, 5.74) is 2.43. The van der Waals surface area contributed by atoms with Gasteiger partial charge in [0, 0.05) is 35.4 Å². The van der Waals surface area contributed by atoms with Crippen molar-refractivity contribution in [3.05, 3.63) is 83.4 Å². The number of benzene rings is 3. The summed E-state index contributed by atoms with van der Waals surface area (Å²) in [6.07, 6.45) is 0.794. The third-order valence-corrected chi connectivity index (χ3v) is 6.81. The van der Waals surface area contributed by atoms with Crippen molar-refractivity contribution in [1.82, 2.24) is 9.88 Å². The largest absolute Gasteiger partial charge is 1.00 e. The Morgan fingerprint density at radius 2 is 1.56 bits per heavy atom. The number of fused-ring (bicyclic) bond motifs is 2. The number of rotatable bonds is 8. The molecule has 0 spiro atoms. The lowest BCUT2D eigenvalue weighted by Crippen LogP contribution is -3.00. The quantitative estimate of drug-likeness (QED) is 0.329. The number of nitrogens with zero attached hydrogens (tertiary/aromatic N) is 3. The molecule has 9 heteroatoms. The lowest BCUT2D eigenvalue weighted by Gasteiger charge is -2.21. The van der Waals surface area contributed by atoms with E-state index in [1.807, 2.05) is 44.4 Å². The fraction of sp³-hybridized carbons (Fsp3) is 0.222. The SMILES string of the molecule is CN(C)CCCN(C(=O)c1ccc(C(=O)c2ccccc2)cc1)c1nc2cc3c(cc2s1)OCO3.[Cl-].[H+]. The van der Waals surface area contributed by atoms with Crippen LogP contribution in [0.25, 0.3) is 10.2 Å². The molecule has 3 aromatic carbocycles. The van der Waals surface area contributed by atoms with Gasteiger partial charge in [0.25, 0.3) is 5.91 Å². The van der Waals surface area contributed by atoms with Crippen molar-refractivity contribution in [1.29, 1.82) is 0 Å². The Labute approximate surface area is 221 Å². The van der Waals surface area contributed by atoms with Crippen molar-refractivity contribution in [3.8, 4) is 11.5 Å². The third kappa shape index (κ3) is 5.36. The third-order valence-electron chi connectivity index (χ3n) is 5.76. The van der Waals surface area contributed by atoms with Gasteiger partial charge in [-0.1, -0.05) is 53.8 Å². The summed E-state index contributed by atoms with van der Waals surface area (Å²) in [7, 11) is 4.02. The van der Waals surface area contributed by atoms with E-state index < -0.39 is 0 Å². The van der Waals surface area contributed by atoms with Gasteiger partial charge in [0.2, 0.25) is 6.79 Å². The van der Waals surface area contributed by atoms with Crippen LogP contribution < -0.4 is 26.8 Å². The molecule has 2 heterocycles. The van der Waals surface area contributed by atoms with Crippen LogP contribution in [0.3, 0.4) is 0 Å². The molecule has 5 rings (SSSR count). The number of hydrogen-bond acceptors (Lipinski definition) is 7. The fourth-order valence-electron chi connectivity index (χ4n) is 3.93. The van der Waals surface area contributed by atoms with Gasteiger partial charge in [-0.05, 0) is 39.2 Å². The molecule has 0 radical (unpaired) electrons. The van der Waals surface area contributed by atoms with Gasteiger partial charge >= 0.3 is 1.43 Å². The molecule has 36 heavy (non-hydrogen) atoms. The maximum absolute atomic E-state index is 13.6. The zero-order valence-corrected chi connectivity index (χ0v) is 21.5. The first-order chi connectivity index (χ1) is 17.0. The van der Waals surface area contributed by atoms with Gasteiger partial charge in [-0.3, -0.25) is 14.5 Å². The molecule has 0 N–H and O–H groups in total. The smallest absolute Gasteiger partial charge is 1.00 e. The number of hydrogen-bond donors (Lipinski definition) is 0. The van der Waals surface area contributed by atoms with Crippen LogP contribution in [0.5, 0.6) is 11.5 Å². The molecule has 0 saturated heterocycles. The highest BCUT2D eigenvalue weighted by molar-refractivity contribution is 7.22. The van der Waals surface area contributed by atoms with E-state index in [0.717, 1.165) is 23.2 Å². The van der Waals surface area contributed by atoms with Crippen LogP contribution in [0, 0.1) is 0 Å². The van der Waals surface area contributed by atoms with Gasteiger partial charge in [-0.15, -0.1) is 0 Å². The predicted octanol–water partition coefficient (Wildman–Crippen LogP) is 1.97. The van der Waals surface area contributed by atoms with Crippen molar-refractivity contribution in [2.24, 2.45) is 0 Å². The van der Waals surface area contributed by atoms with Crippen LogP contribution in [0.1, 0.15) is 34.1 Å². The molecule has 186 valence electrons. The molecule has 1 aromatic heterocycles. The number of halogens is 1. The lowest BCUT2D eigenvalue weighted by atomic mass is 10.0. The first kappa shape index (κ1) is 25.6. The minimum Gasteiger partial charge on any atom is -1.00 e. The van der Waals surface area contributed by atoms with Crippen molar-refractivity contribution in [2.45, 2.75) is 6.42 Å². The molecule has 0 saturated carbocycles. The van der Waals surface area contributed by atoms with E-state index in [2.05, 4.69) is 4.90 Å². The molecule has 1 amide bonds. The maximum Gasteiger partial charge on any atom is 1.00 e. The van der Waals surface area contributed by atoms with E-state index in [1.165, 1.54) is 11.3 Å². The highest BCUT2D eigenvalue weighted by atomic mass is 35.5. The van der Waals surface area contributed by atoms with Crippen LogP contribution in [0.4, 0.5) is 5.13 Å². The Kier molecular flexibility index (Phi) is 7.88. The van der Waals surface area contributed by atoms with E-state index in [0.29, 0.717) is 39.9 Å². The van der Waals surface area contributed by atoms with Gasteiger partial charge < -0.3 is 26.8 Å². The van der Waals surface area contributed by atoms with Gasteiger partial charge in [0.1, 0.15) is 0 Å². The summed E-state index contributed by atoms with van der Waals surface area (Å²) in [5.74, 6) is 1.13. The van der Waals surface area contributed by atoms with Crippen molar-refractivity contribution >= 4 is 38.4 Å². The fourth-order valence-corrected chi connectivity index (χ4v) is 4.93. The van der Waals surface area contributed by atoms with Crippen LogP contribution >= 0.6 is 11.3 Å². The van der Waals surface area contributed by atoms with Crippen molar-refractivity contribution in [2.75, 3.05) is 38.9 Å². The Bertz CT molecular complexity index is 1340. The van der Waals surface area contributed by atoms with E-state index in [4.69, 9.17) is 14.5 Å². The Morgan fingerprint density at radius 3 is 2.25 bits per heavy atom. The number of aromatic nitrogens is 1. The number of carbonyl (C=O) groups is 2. The van der Waals surface area contributed by atoms with Crippen LogP contribution in [-0.4, -0.2) is 55.6 Å². The molecule has 7 nitrogen and oxygen atoms in total. The zero-order valence-electron chi connectivity index (χ0n) is 20.9. The summed E-state index contributed by atoms with van der Waals surface area (Å²) in [5, 5.41) is 0.622. The molecule has 0 bridgehead atoms. The van der Waals surface area contributed by atoms with Crippen LogP contribution in [-0.2, 0) is 0 Å². The topological polar surface area (TPSA) is 72.0 Å². The monoisotopic (exact) mass is 523 g/mol. The zero-order chi connectivity index (χ0) is 24.4. The summed E-state index contributed by atoms with van der Waals surface area (Å²) in [6, 6.07) is 19.7. The van der Waals surface area contributed by atoms with Gasteiger partial charge in [-0.25, -0.2) is 4.98 Å². The predicted molar refractivity (Wildman–Crippen MR) is 138 cm³/mol. The first-order valence-corrected chi connectivity index (χ1v) is 12.2. The number of thiazole rings is 1. The van der Waals surface area contributed by atoms with Crippen LogP contribution in [0.2, 0.25) is 0 Å². The minimum absolute atomic E-state index is 0. The minimum atomic E-state index is -0.151. The van der Waals surface area contributed by atoms with E-state index in [1.54, 1.807) is 41.3 Å². The summed E-state index contributed by atoms with van der Waals surface area (Å²) in [4.78, 5) is 34.9. The highest BCUT2D eigenvalue weighted by Crippen LogP contribution is 2.40. The van der Waals surface area contributed by atoms with E-state index >= 15 is 0 Å². The average molecular weight is 524 g/mol. The van der Waals surface area contributed by atoms with Crippen molar-refractivity contribution < 1.29 is 32.9 Å². The molecular formula is C27H26ClN3O4S. The lowest BCUT2D eigenvalue weighted by molar-refractivity contribution is -0.0000232. The summed E-state index contributed by atoms with van der Waals surface area (Å²) >= 11 is 1.45. The summed E-state index contributed by atoms with van der Waals surface area (Å²) < 4.78 is 11.9. The standard InChI is InChI=1S/C27H25N3O4S.ClH/c1-29(2)13-6-14-30(27-28-21-15-22-23(34-17-33-22)16-24(21)35-27)26(32)20-11-9-19(10-12-20)25(31)18-7-4-3-5-8-18;/h3-5,7-12,15-16H,6,13-14,17H2,1-2H3;1H. The second-order valence-electron chi connectivity index (χ2n) is 8.56. The van der Waals surface area contributed by atoms with E-state index in [-0.39, 0.29) is 32.3 Å². The second-order valence-corrected chi connectivity index (χ2v) is 9.56. The number of amides is 1. The number of anilines is 1. The highest BCUT2D eigenvalue weighted by Gasteiger charge is 2.23. The molecular weight excluding hydrogens is 498 g/mol. The maximum atomic E-state index is 13.6. The first-order valence-electron chi connectivity index (χ1n) is 11.4. The number of ether oxygens (including phenoxy) is 2. The van der Waals surface area contributed by atoms with Crippen molar-refractivity contribution in [3.63, 3.8) is 0 Å². The summed E-state index contributed by atoms with van der Waals surface area (Å²) in [6.45, 7) is 1.57. The molecule has 4 aromatic rings. The van der Waals surface area contributed by atoms with Gasteiger partial charge in [-0.2, -0.15) is 0 Å². The van der Waals surface area contributed by atoms with Crippen LogP contribution in [0.15, 0.2) is 66.7 Å². The van der Waals surface area contributed by atoms with Gasteiger partial charge in [0.15, 0.2) is 22.4 Å². The number of ketones is 1. The normalized spacial score (nSPS) is 12.0.